The Bertz CT molecular complexity index is 1170. The van der Waals surface area contributed by atoms with Crippen LogP contribution in [0.25, 0.3) is 10.9 Å². The molecule has 10 heteroatoms. The molecular formula is C24H29Cl2N3O5. The number of H-pyrrole nitrogens is 1. The van der Waals surface area contributed by atoms with Crippen molar-refractivity contribution in [2.45, 2.75) is 26.7 Å². The molecule has 0 radical (unpaired) electrons. The largest absolute Gasteiger partial charge is 0.493 e. The first-order valence-corrected chi connectivity index (χ1v) is 11.7. The summed E-state index contributed by atoms with van der Waals surface area (Å²) in [5.41, 5.74) is 8.74. The van der Waals surface area contributed by atoms with Gasteiger partial charge in [0.05, 0.1) is 43.1 Å². The number of anilines is 1. The van der Waals surface area contributed by atoms with Gasteiger partial charge in [-0.2, -0.15) is 0 Å². The Morgan fingerprint density at radius 2 is 1.59 bits per heavy atom. The molecule has 0 atom stereocenters. The van der Waals surface area contributed by atoms with E-state index < -0.39 is 5.97 Å². The summed E-state index contributed by atoms with van der Waals surface area (Å²) in [4.78, 5) is 29.6. The van der Waals surface area contributed by atoms with Gasteiger partial charge in [-0.15, -0.1) is 23.2 Å². The number of rotatable bonds is 9. The van der Waals surface area contributed by atoms with E-state index in [2.05, 4.69) is 14.7 Å². The summed E-state index contributed by atoms with van der Waals surface area (Å²) < 4.78 is 15.7. The van der Waals surface area contributed by atoms with Crippen molar-refractivity contribution in [1.29, 1.82) is 0 Å². The fourth-order valence-corrected chi connectivity index (χ4v) is 3.20. The third kappa shape index (κ3) is 7.53. The van der Waals surface area contributed by atoms with E-state index in [1.54, 1.807) is 24.3 Å². The molecule has 2 aromatic carbocycles. The van der Waals surface area contributed by atoms with E-state index in [-0.39, 0.29) is 5.56 Å². The van der Waals surface area contributed by atoms with Crippen molar-refractivity contribution < 1.29 is 19.0 Å². The zero-order valence-corrected chi connectivity index (χ0v) is 21.0. The number of carbonyl (C=O) groups excluding carboxylic acids is 1. The van der Waals surface area contributed by atoms with Crippen LogP contribution < -0.4 is 20.8 Å². The highest BCUT2D eigenvalue weighted by Gasteiger charge is 2.13. The number of esters is 1. The lowest BCUT2D eigenvalue weighted by Gasteiger charge is -2.11. The van der Waals surface area contributed by atoms with Crippen LogP contribution in [0.3, 0.4) is 0 Å². The molecule has 0 amide bonds. The molecule has 3 aromatic rings. The maximum Gasteiger partial charge on any atom is 0.339 e. The molecule has 8 nitrogen and oxygen atoms in total. The Morgan fingerprint density at radius 3 is 2.18 bits per heavy atom. The number of nitrogens with zero attached hydrogens (tertiary/aromatic N) is 1. The van der Waals surface area contributed by atoms with Crippen LogP contribution in [0, 0.1) is 13.8 Å². The van der Waals surface area contributed by atoms with E-state index >= 15 is 0 Å². The summed E-state index contributed by atoms with van der Waals surface area (Å²) in [5, 5.41) is 0.578. The number of nitrogens with two attached hydrogens (primary N) is 1. The molecule has 3 N–H and O–H groups in total. The number of ether oxygens (including phenoxy) is 3. The van der Waals surface area contributed by atoms with Crippen molar-refractivity contribution >= 4 is 45.8 Å². The first-order valence-electron chi connectivity index (χ1n) is 10.7. The molecule has 0 unspecified atom stereocenters. The Kier molecular flexibility index (Phi) is 11.0. The van der Waals surface area contributed by atoms with Crippen LogP contribution >= 0.6 is 23.2 Å². The number of halogens is 2. The number of hydrogen-bond acceptors (Lipinski definition) is 7. The number of fused-ring (bicyclic) bond motifs is 1. The number of benzene rings is 2. The first kappa shape index (κ1) is 27.3. The fourth-order valence-electron chi connectivity index (χ4n) is 2.98. The molecule has 1 aromatic heterocycles. The van der Waals surface area contributed by atoms with Gasteiger partial charge in [-0.05, 0) is 49.9 Å². The number of aromatic amines is 1. The van der Waals surface area contributed by atoms with Crippen LogP contribution in [0.2, 0.25) is 0 Å². The van der Waals surface area contributed by atoms with Crippen molar-refractivity contribution in [2.75, 3.05) is 37.8 Å². The van der Waals surface area contributed by atoms with Crippen LogP contribution in [0.15, 0.2) is 35.4 Å². The second kappa shape index (κ2) is 13.7. The summed E-state index contributed by atoms with van der Waals surface area (Å²) >= 11 is 11.1. The van der Waals surface area contributed by atoms with Crippen molar-refractivity contribution in [2.24, 2.45) is 0 Å². The van der Waals surface area contributed by atoms with Crippen molar-refractivity contribution in [1.82, 2.24) is 9.97 Å². The van der Waals surface area contributed by atoms with Crippen LogP contribution in [0.4, 0.5) is 5.69 Å². The zero-order valence-electron chi connectivity index (χ0n) is 19.5. The molecule has 34 heavy (non-hydrogen) atoms. The summed E-state index contributed by atoms with van der Waals surface area (Å²) in [5.74, 6) is 2.10. The molecule has 184 valence electrons. The van der Waals surface area contributed by atoms with Crippen LogP contribution in [-0.2, 0) is 4.74 Å². The van der Waals surface area contributed by atoms with E-state index in [1.165, 1.54) is 13.4 Å². The van der Waals surface area contributed by atoms with E-state index in [1.807, 2.05) is 13.8 Å². The van der Waals surface area contributed by atoms with Gasteiger partial charge in [0.25, 0.3) is 5.56 Å². The van der Waals surface area contributed by atoms with Crippen LogP contribution in [0.5, 0.6) is 11.5 Å². The molecule has 0 saturated heterocycles. The predicted molar refractivity (Wildman–Crippen MR) is 136 cm³/mol. The highest BCUT2D eigenvalue weighted by molar-refractivity contribution is 6.18. The number of aromatic nitrogens is 2. The quantitative estimate of drug-likeness (QED) is 0.187. The lowest BCUT2D eigenvalue weighted by atomic mass is 10.1. The van der Waals surface area contributed by atoms with Gasteiger partial charge in [0.15, 0.2) is 0 Å². The van der Waals surface area contributed by atoms with E-state index in [4.69, 9.17) is 38.4 Å². The Labute approximate surface area is 208 Å². The highest BCUT2D eigenvalue weighted by Crippen LogP contribution is 2.26. The third-order valence-corrected chi connectivity index (χ3v) is 5.30. The number of hydrogen-bond donors (Lipinski definition) is 2. The summed E-state index contributed by atoms with van der Waals surface area (Å²) in [6.07, 6.45) is 2.95. The molecule has 0 aliphatic heterocycles. The lowest BCUT2D eigenvalue weighted by molar-refractivity contribution is 0.0602. The first-order chi connectivity index (χ1) is 16.3. The maximum atomic E-state index is 11.5. The number of alkyl halides is 2. The van der Waals surface area contributed by atoms with E-state index in [0.29, 0.717) is 52.9 Å². The average Bonchev–Trinajstić information content (AvgIpc) is 2.82. The summed E-state index contributed by atoms with van der Waals surface area (Å²) in [7, 11) is 1.32. The van der Waals surface area contributed by atoms with Gasteiger partial charge in [-0.25, -0.2) is 9.78 Å². The standard InChI is InChI=1S/C12H13ClN2O2.C12H16ClNO3/c1-8-5-9-10(14-7-15-12(9)16)6-11(8)17-4-2-3-13;1-8-6-9(12(15)16-2)10(14)7-11(8)17-5-3-4-13/h5-7H,2-4H2,1H3,(H,14,15,16);6-7H,3-5,14H2,1-2H3. The molecule has 0 aliphatic carbocycles. The Hall–Kier alpha value is -2.97. The minimum absolute atomic E-state index is 0.134. The molecule has 0 bridgehead atoms. The molecule has 0 spiro atoms. The fraction of sp³-hybridized carbons (Fsp3) is 0.375. The number of methoxy groups -OCH3 is 1. The lowest BCUT2D eigenvalue weighted by Crippen LogP contribution is -2.07. The Balaban J connectivity index is 0.000000240. The topological polar surface area (TPSA) is 117 Å². The van der Waals surface area contributed by atoms with Gasteiger partial charge in [0.2, 0.25) is 0 Å². The summed E-state index contributed by atoms with van der Waals surface area (Å²) in [6, 6.07) is 6.87. The maximum absolute atomic E-state index is 11.5. The van der Waals surface area contributed by atoms with Crippen LogP contribution in [0.1, 0.15) is 34.3 Å². The van der Waals surface area contributed by atoms with Gasteiger partial charge >= 0.3 is 5.97 Å². The molecule has 0 saturated carbocycles. The van der Waals surface area contributed by atoms with Gasteiger partial charge in [0, 0.05) is 29.6 Å². The van der Waals surface area contributed by atoms with Gasteiger partial charge < -0.3 is 24.9 Å². The molecule has 3 rings (SSSR count). The van der Waals surface area contributed by atoms with Crippen LogP contribution in [-0.4, -0.2) is 48.0 Å². The minimum Gasteiger partial charge on any atom is -0.493 e. The number of nitrogen functional groups attached to an aromatic ring is 1. The van der Waals surface area contributed by atoms with Gasteiger partial charge in [-0.1, -0.05) is 0 Å². The minimum atomic E-state index is -0.446. The average molecular weight is 510 g/mol. The van der Waals surface area contributed by atoms with Crippen molar-refractivity contribution in [3.8, 4) is 11.5 Å². The molecular weight excluding hydrogens is 481 g/mol. The SMILES string of the molecule is COC(=O)c1cc(C)c(OCCCCl)cc1N.Cc1cc2c(=O)[nH]cnc2cc1OCCCCl. The molecule has 1 heterocycles. The second-order valence-electron chi connectivity index (χ2n) is 7.35. The molecule has 0 fully saturated rings. The Morgan fingerprint density at radius 1 is 1.00 bits per heavy atom. The molecule has 0 aliphatic rings. The van der Waals surface area contributed by atoms with Crippen molar-refractivity contribution in [3.63, 3.8) is 0 Å². The number of carbonyl (C=O) groups is 1. The van der Waals surface area contributed by atoms with E-state index in [9.17, 15) is 9.59 Å². The third-order valence-electron chi connectivity index (χ3n) is 4.76. The smallest absolute Gasteiger partial charge is 0.339 e. The second-order valence-corrected chi connectivity index (χ2v) is 8.10. The number of nitrogens with one attached hydrogen (secondary N) is 1. The normalized spacial score (nSPS) is 10.4. The zero-order chi connectivity index (χ0) is 25.1. The monoisotopic (exact) mass is 509 g/mol. The van der Waals surface area contributed by atoms with Gasteiger partial charge in [0.1, 0.15) is 11.5 Å². The number of aryl methyl sites for hydroxylation is 2. The van der Waals surface area contributed by atoms with E-state index in [0.717, 1.165) is 29.7 Å². The van der Waals surface area contributed by atoms with Crippen molar-refractivity contribution in [3.05, 3.63) is 57.6 Å². The highest BCUT2D eigenvalue weighted by atomic mass is 35.5. The van der Waals surface area contributed by atoms with Gasteiger partial charge in [-0.3, -0.25) is 4.79 Å². The summed E-state index contributed by atoms with van der Waals surface area (Å²) in [6.45, 7) is 4.85. The predicted octanol–water partition coefficient (Wildman–Crippen LogP) is 4.61.